The van der Waals surface area contributed by atoms with Crippen LogP contribution >= 0.6 is 0 Å². The average molecular weight is 603 g/mol. The van der Waals surface area contributed by atoms with Crippen molar-refractivity contribution in [2.24, 2.45) is 0 Å². The molecule has 0 fully saturated rings. The molecular formula is C31H38N8O5. The summed E-state index contributed by atoms with van der Waals surface area (Å²) in [5.41, 5.74) is 3.59. The Balaban J connectivity index is 1.44. The van der Waals surface area contributed by atoms with E-state index in [-0.39, 0.29) is 24.9 Å². The molecule has 2 aromatic heterocycles. The van der Waals surface area contributed by atoms with Gasteiger partial charge in [0.05, 0.1) is 50.5 Å². The minimum atomic E-state index is -0.652. The van der Waals surface area contributed by atoms with Crippen molar-refractivity contribution in [1.82, 2.24) is 40.4 Å². The van der Waals surface area contributed by atoms with E-state index in [9.17, 15) is 19.2 Å². The number of benzene rings is 2. The lowest BCUT2D eigenvalue weighted by molar-refractivity contribution is -0.132. The first kappa shape index (κ1) is 31.7. The van der Waals surface area contributed by atoms with Crippen molar-refractivity contribution in [1.29, 1.82) is 0 Å². The fourth-order valence-corrected chi connectivity index (χ4v) is 4.82. The topological polar surface area (TPSA) is 165 Å². The normalized spacial score (nSPS) is 10.8. The summed E-state index contributed by atoms with van der Waals surface area (Å²) in [7, 11) is 1.25. The molecule has 0 bridgehead atoms. The van der Waals surface area contributed by atoms with Crippen LogP contribution in [0.15, 0.2) is 48.8 Å². The molecule has 0 aliphatic heterocycles. The zero-order valence-corrected chi connectivity index (χ0v) is 25.2. The largest absolute Gasteiger partial charge is 0.453 e. The first-order valence-corrected chi connectivity index (χ1v) is 14.5. The van der Waals surface area contributed by atoms with E-state index in [2.05, 4.69) is 47.4 Å². The number of hydrogen-bond donors (Lipinski definition) is 4. The maximum atomic E-state index is 12.6. The molecule has 232 valence electrons. The summed E-state index contributed by atoms with van der Waals surface area (Å²) in [4.78, 5) is 65.9. The fourth-order valence-electron chi connectivity index (χ4n) is 4.82. The molecule has 0 saturated carbocycles. The summed E-state index contributed by atoms with van der Waals surface area (Å²) < 4.78 is 4.54. The third kappa shape index (κ3) is 8.21. The number of H-pyrrole nitrogens is 2. The van der Waals surface area contributed by atoms with E-state index in [1.54, 1.807) is 22.2 Å². The maximum Gasteiger partial charge on any atom is 0.407 e. The van der Waals surface area contributed by atoms with Crippen LogP contribution in [0, 0.1) is 0 Å². The van der Waals surface area contributed by atoms with Crippen LogP contribution in [0.25, 0.3) is 33.3 Å². The zero-order chi connectivity index (χ0) is 31.5. The van der Waals surface area contributed by atoms with Gasteiger partial charge in [-0.1, -0.05) is 38.1 Å². The molecule has 0 unspecified atom stereocenters. The number of methoxy groups -OCH3 is 1. The van der Waals surface area contributed by atoms with Crippen LogP contribution in [-0.4, -0.2) is 87.3 Å². The number of imidazole rings is 2. The lowest BCUT2D eigenvalue weighted by Crippen LogP contribution is -2.40. The molecule has 0 spiro atoms. The Hall–Kier alpha value is -5.20. The summed E-state index contributed by atoms with van der Waals surface area (Å²) in [6.07, 6.45) is 4.93. The predicted molar refractivity (Wildman–Crippen MR) is 165 cm³/mol. The first-order valence-electron chi connectivity index (χ1n) is 14.5. The molecule has 0 aliphatic rings. The highest BCUT2D eigenvalue weighted by molar-refractivity contribution is 5.90. The number of aromatic amines is 2. The molecule has 4 amide bonds. The summed E-state index contributed by atoms with van der Waals surface area (Å²) in [6, 6.07) is 12.3. The highest BCUT2D eigenvalue weighted by Crippen LogP contribution is 2.27. The number of carbonyl (C=O) groups excluding carboxylic acids is 4. The van der Waals surface area contributed by atoms with Crippen molar-refractivity contribution in [3.8, 4) is 22.5 Å². The Morgan fingerprint density at radius 1 is 0.818 bits per heavy atom. The van der Waals surface area contributed by atoms with Gasteiger partial charge in [-0.2, -0.15) is 0 Å². The number of aromatic nitrogens is 4. The minimum Gasteiger partial charge on any atom is -0.453 e. The molecule has 13 nitrogen and oxygen atoms in total. The Morgan fingerprint density at radius 3 is 1.77 bits per heavy atom. The van der Waals surface area contributed by atoms with Gasteiger partial charge in [0.2, 0.25) is 18.2 Å². The number of hydrogen-bond acceptors (Lipinski definition) is 7. The number of ether oxygens (including phenoxy) is 1. The summed E-state index contributed by atoms with van der Waals surface area (Å²) >= 11 is 0. The average Bonchev–Trinajstić information content (AvgIpc) is 3.71. The van der Waals surface area contributed by atoms with Crippen LogP contribution in [0.1, 0.15) is 38.3 Å². The number of fused-ring (bicyclic) bond motifs is 1. The Labute approximate surface area is 255 Å². The van der Waals surface area contributed by atoms with Gasteiger partial charge in [-0.15, -0.1) is 0 Å². The van der Waals surface area contributed by atoms with Crippen LogP contribution in [0.3, 0.4) is 0 Å². The standard InChI is InChI=1S/C31H38N8O5/c1-4-10-38(29(41)16-32-20-40)18-27-33-14-25(36-27)23-8-6-22-13-24(9-7-21(22)12-23)26-15-34-28(37-26)19-39(11-5-2)30(42)17-35-31(43)44-3/h6-9,12-15,20H,4-5,10-11,16-19H2,1-3H3,(H,32,40)(H,33,36)(H,34,37)(H,35,43). The van der Waals surface area contributed by atoms with Crippen LogP contribution in [0.4, 0.5) is 4.79 Å². The summed E-state index contributed by atoms with van der Waals surface area (Å²) in [5, 5.41) is 6.94. The van der Waals surface area contributed by atoms with Crippen LogP contribution in [0.2, 0.25) is 0 Å². The van der Waals surface area contributed by atoms with Gasteiger partial charge in [0.1, 0.15) is 18.2 Å². The van der Waals surface area contributed by atoms with Gasteiger partial charge in [-0.3, -0.25) is 14.4 Å². The van der Waals surface area contributed by atoms with Crippen molar-refractivity contribution in [2.75, 3.05) is 33.3 Å². The number of rotatable bonds is 15. The number of nitrogens with zero attached hydrogens (tertiary/aromatic N) is 4. The van der Waals surface area contributed by atoms with Crippen LogP contribution < -0.4 is 10.6 Å². The molecule has 0 radical (unpaired) electrons. The summed E-state index contributed by atoms with van der Waals surface area (Å²) in [6.45, 7) is 5.49. The van der Waals surface area contributed by atoms with E-state index < -0.39 is 6.09 Å². The summed E-state index contributed by atoms with van der Waals surface area (Å²) in [5.74, 6) is 0.921. The lowest BCUT2D eigenvalue weighted by Gasteiger charge is -2.21. The van der Waals surface area contributed by atoms with Gasteiger partial charge < -0.3 is 35.1 Å². The highest BCUT2D eigenvalue weighted by Gasteiger charge is 2.17. The third-order valence-electron chi connectivity index (χ3n) is 7.00. The monoisotopic (exact) mass is 602 g/mol. The predicted octanol–water partition coefficient (Wildman–Crippen LogP) is 3.20. The van der Waals surface area contributed by atoms with Gasteiger partial charge in [0, 0.05) is 24.2 Å². The van der Waals surface area contributed by atoms with Gasteiger partial charge in [-0.25, -0.2) is 14.8 Å². The third-order valence-corrected chi connectivity index (χ3v) is 7.00. The SMILES string of the molecule is CCCN(Cc1ncc(-c2ccc3cc(-c4cnc(CN(CCC)C(=O)CNC(=O)OC)[nH]4)ccc3c2)[nH]1)C(=O)CNC=O. The second-order valence-electron chi connectivity index (χ2n) is 10.2. The second-order valence-corrected chi connectivity index (χ2v) is 10.2. The molecule has 4 aromatic rings. The van der Waals surface area contributed by atoms with E-state index in [4.69, 9.17) is 0 Å². The van der Waals surface area contributed by atoms with Gasteiger partial charge in [-0.05, 0) is 35.7 Å². The van der Waals surface area contributed by atoms with Crippen molar-refractivity contribution in [3.63, 3.8) is 0 Å². The molecule has 4 N–H and O–H groups in total. The van der Waals surface area contributed by atoms with Crippen molar-refractivity contribution >= 4 is 35.1 Å². The van der Waals surface area contributed by atoms with E-state index in [0.717, 1.165) is 46.1 Å². The molecule has 0 aliphatic carbocycles. The highest BCUT2D eigenvalue weighted by atomic mass is 16.5. The minimum absolute atomic E-state index is 0.0449. The molecule has 13 heteroatoms. The molecular weight excluding hydrogens is 564 g/mol. The van der Waals surface area contributed by atoms with E-state index in [1.165, 1.54) is 7.11 Å². The molecule has 2 aromatic carbocycles. The van der Waals surface area contributed by atoms with Crippen molar-refractivity contribution in [3.05, 3.63) is 60.4 Å². The fraction of sp³-hybridized carbons (Fsp3) is 0.355. The maximum absolute atomic E-state index is 12.6. The Kier molecular flexibility index (Phi) is 11.0. The molecule has 44 heavy (non-hydrogen) atoms. The quantitative estimate of drug-likeness (QED) is 0.152. The molecule has 4 rings (SSSR count). The van der Waals surface area contributed by atoms with E-state index in [0.29, 0.717) is 44.2 Å². The molecule has 2 heterocycles. The zero-order valence-electron chi connectivity index (χ0n) is 25.2. The van der Waals surface area contributed by atoms with Gasteiger partial charge in [0.25, 0.3) is 0 Å². The first-order chi connectivity index (χ1) is 21.3. The van der Waals surface area contributed by atoms with Crippen LogP contribution in [-0.2, 0) is 32.2 Å². The number of carbonyl (C=O) groups is 4. The second kappa shape index (κ2) is 15.3. The van der Waals surface area contributed by atoms with Crippen molar-refractivity contribution < 1.29 is 23.9 Å². The lowest BCUT2D eigenvalue weighted by atomic mass is 10.0. The Morgan fingerprint density at radius 2 is 1.32 bits per heavy atom. The van der Waals surface area contributed by atoms with E-state index >= 15 is 0 Å². The molecule has 0 saturated heterocycles. The number of nitrogens with one attached hydrogen (secondary N) is 4. The Bertz CT molecular complexity index is 1600. The number of amides is 4. The number of alkyl carbamates (subject to hydrolysis) is 1. The van der Waals surface area contributed by atoms with E-state index in [1.807, 2.05) is 38.1 Å². The van der Waals surface area contributed by atoms with Gasteiger partial charge >= 0.3 is 6.09 Å². The smallest absolute Gasteiger partial charge is 0.407 e. The van der Waals surface area contributed by atoms with Crippen LogP contribution in [0.5, 0.6) is 0 Å². The molecule has 0 atom stereocenters. The van der Waals surface area contributed by atoms with Gasteiger partial charge in [0.15, 0.2) is 0 Å². The van der Waals surface area contributed by atoms with Crippen molar-refractivity contribution in [2.45, 2.75) is 39.8 Å².